The van der Waals surface area contributed by atoms with Crippen molar-refractivity contribution in [2.75, 3.05) is 13.2 Å². The van der Waals surface area contributed by atoms with Crippen molar-refractivity contribution in [1.82, 2.24) is 9.78 Å². The normalized spacial score (nSPS) is 19.3. The van der Waals surface area contributed by atoms with Crippen molar-refractivity contribution < 1.29 is 9.15 Å². The number of aromatic nitrogens is 2. The summed E-state index contributed by atoms with van der Waals surface area (Å²) in [6.07, 6.45) is 4.18. The third-order valence-corrected chi connectivity index (χ3v) is 3.85. The maximum atomic E-state index is 12.0. The summed E-state index contributed by atoms with van der Waals surface area (Å²) in [7, 11) is 0. The molecule has 0 saturated carbocycles. The van der Waals surface area contributed by atoms with E-state index in [9.17, 15) is 4.79 Å². The van der Waals surface area contributed by atoms with E-state index in [1.54, 1.807) is 0 Å². The molecule has 112 valence electrons. The quantitative estimate of drug-likeness (QED) is 0.866. The molecule has 0 bridgehead atoms. The van der Waals surface area contributed by atoms with Crippen LogP contribution in [0.1, 0.15) is 36.8 Å². The predicted molar refractivity (Wildman–Crippen MR) is 78.3 cm³/mol. The topological polar surface area (TPSA) is 57.3 Å². The van der Waals surface area contributed by atoms with Crippen LogP contribution in [-0.4, -0.2) is 23.0 Å². The number of nitrogens with zero attached hydrogens (tertiary/aromatic N) is 2. The van der Waals surface area contributed by atoms with Crippen LogP contribution in [0.3, 0.4) is 0 Å². The van der Waals surface area contributed by atoms with Gasteiger partial charge in [0.1, 0.15) is 0 Å². The molecule has 1 saturated heterocycles. The van der Waals surface area contributed by atoms with Gasteiger partial charge in [-0.2, -0.15) is 4.68 Å². The maximum Gasteiger partial charge on any atom is 0.437 e. The molecule has 0 N–H and O–H groups in total. The maximum absolute atomic E-state index is 12.0. The van der Waals surface area contributed by atoms with E-state index in [-0.39, 0.29) is 11.8 Å². The number of rotatable bonds is 4. The molecule has 0 amide bonds. The number of benzene rings is 1. The highest BCUT2D eigenvalue weighted by Gasteiger charge is 2.19. The van der Waals surface area contributed by atoms with Gasteiger partial charge in [-0.1, -0.05) is 30.3 Å². The Morgan fingerprint density at radius 1 is 1.14 bits per heavy atom. The summed E-state index contributed by atoms with van der Waals surface area (Å²) in [6, 6.07) is 10.3. The fourth-order valence-corrected chi connectivity index (χ4v) is 2.69. The van der Waals surface area contributed by atoms with Gasteiger partial charge in [-0.3, -0.25) is 0 Å². The standard InChI is InChI=1S/C16H20N2O3/c19-16-18(14-7-4-11-20-12-10-14)17-15(21-16)9-8-13-5-2-1-3-6-13/h1-3,5-6,14H,4,7-12H2. The van der Waals surface area contributed by atoms with Gasteiger partial charge in [-0.15, -0.1) is 5.10 Å². The third-order valence-electron chi connectivity index (χ3n) is 3.85. The molecule has 0 spiro atoms. The smallest absolute Gasteiger partial charge is 0.392 e. The van der Waals surface area contributed by atoms with Crippen LogP contribution in [0.4, 0.5) is 0 Å². The minimum Gasteiger partial charge on any atom is -0.392 e. The van der Waals surface area contributed by atoms with E-state index in [0.717, 1.165) is 32.3 Å². The highest BCUT2D eigenvalue weighted by molar-refractivity contribution is 5.15. The fourth-order valence-electron chi connectivity index (χ4n) is 2.69. The lowest BCUT2D eigenvalue weighted by Crippen LogP contribution is -2.22. The van der Waals surface area contributed by atoms with E-state index in [1.165, 1.54) is 10.2 Å². The SMILES string of the molecule is O=c1oc(CCc2ccccc2)nn1C1CCCOCC1. The van der Waals surface area contributed by atoms with Crippen LogP contribution in [-0.2, 0) is 17.6 Å². The molecule has 21 heavy (non-hydrogen) atoms. The van der Waals surface area contributed by atoms with Crippen molar-refractivity contribution in [2.45, 2.75) is 38.1 Å². The Bertz CT molecular complexity index is 610. The van der Waals surface area contributed by atoms with E-state index in [1.807, 2.05) is 18.2 Å². The molecule has 0 aliphatic carbocycles. The molecule has 1 aromatic heterocycles. The van der Waals surface area contributed by atoms with Crippen molar-refractivity contribution in [3.63, 3.8) is 0 Å². The summed E-state index contributed by atoms with van der Waals surface area (Å²) in [4.78, 5) is 12.0. The molecule has 1 atom stereocenters. The highest BCUT2D eigenvalue weighted by atomic mass is 16.5. The Balaban J connectivity index is 1.67. The average Bonchev–Trinajstić information content (AvgIpc) is 2.73. The van der Waals surface area contributed by atoms with Gasteiger partial charge in [0, 0.05) is 19.6 Å². The zero-order valence-electron chi connectivity index (χ0n) is 12.0. The van der Waals surface area contributed by atoms with Crippen molar-refractivity contribution in [3.8, 4) is 0 Å². The van der Waals surface area contributed by atoms with E-state index in [0.29, 0.717) is 18.9 Å². The first-order valence-electron chi connectivity index (χ1n) is 7.53. The second-order valence-corrected chi connectivity index (χ2v) is 5.39. The summed E-state index contributed by atoms with van der Waals surface area (Å²) in [5.41, 5.74) is 1.22. The van der Waals surface area contributed by atoms with E-state index >= 15 is 0 Å². The Kier molecular flexibility index (Phi) is 4.50. The lowest BCUT2D eigenvalue weighted by atomic mass is 10.1. The summed E-state index contributed by atoms with van der Waals surface area (Å²) < 4.78 is 12.2. The highest BCUT2D eigenvalue weighted by Crippen LogP contribution is 2.19. The van der Waals surface area contributed by atoms with Crippen molar-refractivity contribution >= 4 is 0 Å². The van der Waals surface area contributed by atoms with Gasteiger partial charge in [0.25, 0.3) is 0 Å². The van der Waals surface area contributed by atoms with Gasteiger partial charge in [0.2, 0.25) is 5.89 Å². The van der Waals surface area contributed by atoms with Crippen molar-refractivity contribution in [1.29, 1.82) is 0 Å². The molecule has 2 heterocycles. The van der Waals surface area contributed by atoms with Crippen molar-refractivity contribution in [3.05, 3.63) is 52.3 Å². The Morgan fingerprint density at radius 2 is 2.00 bits per heavy atom. The molecule has 1 fully saturated rings. The molecule has 3 rings (SSSR count). The molecule has 1 aromatic carbocycles. The van der Waals surface area contributed by atoms with Crippen LogP contribution < -0.4 is 5.76 Å². The summed E-state index contributed by atoms with van der Waals surface area (Å²) in [5.74, 6) is 0.180. The van der Waals surface area contributed by atoms with Gasteiger partial charge < -0.3 is 9.15 Å². The van der Waals surface area contributed by atoms with Crippen LogP contribution in [0.5, 0.6) is 0 Å². The third kappa shape index (κ3) is 3.61. The molecule has 2 aromatic rings. The van der Waals surface area contributed by atoms with Crippen LogP contribution in [0.15, 0.2) is 39.5 Å². The molecule has 1 aliphatic heterocycles. The van der Waals surface area contributed by atoms with Gasteiger partial charge >= 0.3 is 5.76 Å². The summed E-state index contributed by atoms with van der Waals surface area (Å²) >= 11 is 0. The fraction of sp³-hybridized carbons (Fsp3) is 0.500. The first-order valence-corrected chi connectivity index (χ1v) is 7.53. The number of hydrogen-bond donors (Lipinski definition) is 0. The van der Waals surface area contributed by atoms with Gasteiger partial charge in [0.05, 0.1) is 6.04 Å². The van der Waals surface area contributed by atoms with Crippen LogP contribution in [0, 0.1) is 0 Å². The summed E-state index contributed by atoms with van der Waals surface area (Å²) in [6.45, 7) is 1.45. The van der Waals surface area contributed by atoms with Crippen LogP contribution >= 0.6 is 0 Å². The Labute approximate surface area is 123 Å². The minimum atomic E-state index is -0.343. The van der Waals surface area contributed by atoms with Gasteiger partial charge in [-0.25, -0.2) is 4.79 Å². The van der Waals surface area contributed by atoms with Crippen LogP contribution in [0.2, 0.25) is 0 Å². The lowest BCUT2D eigenvalue weighted by Gasteiger charge is -2.10. The first kappa shape index (κ1) is 14.1. The summed E-state index contributed by atoms with van der Waals surface area (Å²) in [5, 5.41) is 4.37. The number of ether oxygens (including phenoxy) is 1. The second-order valence-electron chi connectivity index (χ2n) is 5.39. The van der Waals surface area contributed by atoms with E-state index in [2.05, 4.69) is 17.2 Å². The van der Waals surface area contributed by atoms with Gasteiger partial charge in [0.15, 0.2) is 0 Å². The van der Waals surface area contributed by atoms with Crippen LogP contribution in [0.25, 0.3) is 0 Å². The Hall–Kier alpha value is -1.88. The minimum absolute atomic E-state index is 0.106. The average molecular weight is 288 g/mol. The molecular weight excluding hydrogens is 268 g/mol. The van der Waals surface area contributed by atoms with E-state index in [4.69, 9.17) is 9.15 Å². The lowest BCUT2D eigenvalue weighted by molar-refractivity contribution is 0.141. The molecule has 0 radical (unpaired) electrons. The van der Waals surface area contributed by atoms with Crippen molar-refractivity contribution in [2.24, 2.45) is 0 Å². The molecule has 1 unspecified atom stereocenters. The Morgan fingerprint density at radius 3 is 2.86 bits per heavy atom. The molecule has 5 heteroatoms. The first-order chi connectivity index (χ1) is 10.3. The largest absolute Gasteiger partial charge is 0.437 e. The second kappa shape index (κ2) is 6.72. The molecule has 1 aliphatic rings. The zero-order chi connectivity index (χ0) is 14.5. The monoisotopic (exact) mass is 288 g/mol. The molecular formula is C16H20N2O3. The number of hydrogen-bond acceptors (Lipinski definition) is 4. The zero-order valence-corrected chi connectivity index (χ0v) is 12.0. The van der Waals surface area contributed by atoms with Gasteiger partial charge in [-0.05, 0) is 31.2 Å². The van der Waals surface area contributed by atoms with E-state index < -0.39 is 0 Å². The molecule has 5 nitrogen and oxygen atoms in total. The number of aryl methyl sites for hydroxylation is 2. The predicted octanol–water partition coefficient (Wildman–Crippen LogP) is 2.36.